The van der Waals surface area contributed by atoms with Crippen LogP contribution < -0.4 is 19.8 Å². The highest BCUT2D eigenvalue weighted by Crippen LogP contribution is 2.35. The van der Waals surface area contributed by atoms with Gasteiger partial charge < -0.3 is 20.1 Å². The van der Waals surface area contributed by atoms with Crippen molar-refractivity contribution in [2.24, 2.45) is 12.0 Å². The van der Waals surface area contributed by atoms with Crippen LogP contribution in [0.5, 0.6) is 5.75 Å². The SMILES string of the molecule is CCOc1ccc(NC(=O)CC2C(=O)N(C3CC3)C(=S)N2Cc2c(/N=C(\[O-])c3ccccc3)on[n+]2C)cc1. The van der Waals surface area contributed by atoms with Crippen molar-refractivity contribution in [1.82, 2.24) is 15.1 Å². The molecule has 5 rings (SSSR count). The summed E-state index contributed by atoms with van der Waals surface area (Å²) < 4.78 is 12.2. The Hall–Kier alpha value is -4.32. The van der Waals surface area contributed by atoms with Gasteiger partial charge in [-0.1, -0.05) is 30.3 Å². The van der Waals surface area contributed by atoms with Gasteiger partial charge in [-0.15, -0.1) is 0 Å². The molecule has 1 N–H and O–H groups in total. The van der Waals surface area contributed by atoms with E-state index < -0.39 is 11.9 Å². The summed E-state index contributed by atoms with van der Waals surface area (Å²) in [5.41, 5.74) is 1.44. The summed E-state index contributed by atoms with van der Waals surface area (Å²) in [4.78, 5) is 33.9. The summed E-state index contributed by atoms with van der Waals surface area (Å²) >= 11 is 5.71. The summed E-state index contributed by atoms with van der Waals surface area (Å²) in [6.07, 6.45) is 1.61. The topological polar surface area (TPSA) is 127 Å². The number of rotatable bonds is 10. The number of aromatic nitrogens is 2. The number of ether oxygens (including phenoxy) is 1. The lowest BCUT2D eigenvalue weighted by molar-refractivity contribution is -0.746. The van der Waals surface area contributed by atoms with E-state index in [0.717, 1.165) is 12.8 Å². The predicted octanol–water partition coefficient (Wildman–Crippen LogP) is 1.83. The van der Waals surface area contributed by atoms with E-state index in [0.29, 0.717) is 34.4 Å². The van der Waals surface area contributed by atoms with Crippen molar-refractivity contribution in [1.29, 1.82) is 0 Å². The molecule has 0 bridgehead atoms. The number of aryl methyl sites for hydroxylation is 1. The van der Waals surface area contributed by atoms with Gasteiger partial charge in [-0.05, 0) is 72.4 Å². The Bertz CT molecular complexity index is 1400. The molecule has 39 heavy (non-hydrogen) atoms. The Balaban J connectivity index is 1.37. The summed E-state index contributed by atoms with van der Waals surface area (Å²) in [5, 5.41) is 19.8. The highest BCUT2D eigenvalue weighted by Gasteiger charge is 2.50. The first-order valence-electron chi connectivity index (χ1n) is 12.7. The zero-order valence-electron chi connectivity index (χ0n) is 21.6. The zero-order valence-corrected chi connectivity index (χ0v) is 22.4. The van der Waals surface area contributed by atoms with Crippen molar-refractivity contribution in [3.63, 3.8) is 0 Å². The molecule has 12 heteroatoms. The van der Waals surface area contributed by atoms with Crippen LogP contribution in [0.2, 0.25) is 0 Å². The van der Waals surface area contributed by atoms with E-state index in [4.69, 9.17) is 21.5 Å². The van der Waals surface area contributed by atoms with Gasteiger partial charge in [0.2, 0.25) is 11.2 Å². The zero-order chi connectivity index (χ0) is 27.5. The monoisotopic (exact) mass is 548 g/mol. The molecule has 0 radical (unpaired) electrons. The third-order valence-corrected chi connectivity index (χ3v) is 6.95. The van der Waals surface area contributed by atoms with E-state index in [1.165, 1.54) is 4.68 Å². The van der Waals surface area contributed by atoms with Crippen molar-refractivity contribution < 1.29 is 28.6 Å². The maximum Gasteiger partial charge on any atom is 0.325 e. The fourth-order valence-corrected chi connectivity index (χ4v) is 4.82. The molecule has 11 nitrogen and oxygen atoms in total. The number of carbonyl (C=O) groups is 2. The third-order valence-electron chi connectivity index (χ3n) is 6.52. The van der Waals surface area contributed by atoms with Crippen LogP contribution in [0, 0.1) is 0 Å². The second-order valence-electron chi connectivity index (χ2n) is 9.31. The van der Waals surface area contributed by atoms with Crippen molar-refractivity contribution in [2.45, 2.75) is 44.8 Å². The average molecular weight is 549 g/mol. The van der Waals surface area contributed by atoms with Crippen LogP contribution in [0.25, 0.3) is 0 Å². The van der Waals surface area contributed by atoms with Gasteiger partial charge in [0.05, 0.1) is 13.0 Å². The van der Waals surface area contributed by atoms with Gasteiger partial charge >= 0.3 is 5.88 Å². The first-order valence-corrected chi connectivity index (χ1v) is 13.1. The fourth-order valence-electron chi connectivity index (χ4n) is 4.39. The summed E-state index contributed by atoms with van der Waals surface area (Å²) in [6.45, 7) is 2.52. The minimum Gasteiger partial charge on any atom is -0.858 e. The van der Waals surface area contributed by atoms with Crippen LogP contribution >= 0.6 is 12.2 Å². The number of nitrogens with one attached hydrogen (secondary N) is 1. The number of hydrogen-bond acceptors (Lipinski definition) is 8. The van der Waals surface area contributed by atoms with Crippen molar-refractivity contribution in [2.75, 3.05) is 11.9 Å². The van der Waals surface area contributed by atoms with Gasteiger partial charge in [-0.2, -0.15) is 0 Å². The van der Waals surface area contributed by atoms with E-state index in [1.807, 2.05) is 6.92 Å². The van der Waals surface area contributed by atoms with Gasteiger partial charge in [0.15, 0.2) is 12.2 Å². The van der Waals surface area contributed by atoms with Crippen molar-refractivity contribution in [3.05, 3.63) is 65.9 Å². The molecule has 1 aliphatic carbocycles. The molecule has 1 saturated heterocycles. The molecule has 1 aliphatic heterocycles. The number of hydrogen-bond donors (Lipinski definition) is 1. The van der Waals surface area contributed by atoms with Gasteiger partial charge in [-0.25, -0.2) is 4.99 Å². The number of thiocarbonyl (C=S) groups is 1. The number of anilines is 1. The maximum atomic E-state index is 13.5. The lowest BCUT2D eigenvalue weighted by Crippen LogP contribution is -2.42. The van der Waals surface area contributed by atoms with Crippen LogP contribution in [-0.4, -0.2) is 56.6 Å². The van der Waals surface area contributed by atoms with Crippen LogP contribution in [0.15, 0.2) is 64.1 Å². The summed E-state index contributed by atoms with van der Waals surface area (Å²) in [7, 11) is 1.65. The molecule has 1 unspecified atom stereocenters. The Kier molecular flexibility index (Phi) is 7.55. The first-order chi connectivity index (χ1) is 18.9. The van der Waals surface area contributed by atoms with Crippen molar-refractivity contribution in [3.8, 4) is 5.75 Å². The molecule has 2 aromatic carbocycles. The molecule has 0 spiro atoms. The lowest BCUT2D eigenvalue weighted by Gasteiger charge is -2.21. The largest absolute Gasteiger partial charge is 0.858 e. The summed E-state index contributed by atoms with van der Waals surface area (Å²) in [6, 6.07) is 14.8. The highest BCUT2D eigenvalue weighted by atomic mass is 32.1. The number of amides is 2. The van der Waals surface area contributed by atoms with Gasteiger partial charge in [-0.3, -0.25) is 19.0 Å². The van der Waals surface area contributed by atoms with E-state index in [2.05, 4.69) is 15.6 Å². The molecule has 2 amide bonds. The second-order valence-corrected chi connectivity index (χ2v) is 9.67. The molecular weight excluding hydrogens is 520 g/mol. The molecule has 202 valence electrons. The Labute approximate surface area is 230 Å². The van der Waals surface area contributed by atoms with E-state index in [1.54, 1.807) is 71.4 Å². The lowest BCUT2D eigenvalue weighted by atomic mass is 10.1. The molecule has 1 saturated carbocycles. The molecule has 1 atom stereocenters. The molecule has 1 aromatic heterocycles. The average Bonchev–Trinajstić information content (AvgIpc) is 3.67. The fraction of sp³-hybridized carbons (Fsp3) is 0.333. The van der Waals surface area contributed by atoms with Crippen LogP contribution in [0.1, 0.15) is 37.4 Å². The minimum atomic E-state index is -0.826. The smallest absolute Gasteiger partial charge is 0.325 e. The van der Waals surface area contributed by atoms with Crippen LogP contribution in [-0.2, 0) is 23.2 Å². The minimum absolute atomic E-state index is 0.0177. The predicted molar refractivity (Wildman–Crippen MR) is 143 cm³/mol. The van der Waals surface area contributed by atoms with Gasteiger partial charge in [0.25, 0.3) is 11.6 Å². The molecule has 2 aliphatic rings. The molecule has 2 fully saturated rings. The Morgan fingerprint density at radius 2 is 1.95 bits per heavy atom. The summed E-state index contributed by atoms with van der Waals surface area (Å²) in [5.74, 6) is -0.320. The van der Waals surface area contributed by atoms with Crippen LogP contribution in [0.3, 0.4) is 0 Å². The molecular formula is C27H28N6O5S. The van der Waals surface area contributed by atoms with Crippen LogP contribution in [0.4, 0.5) is 11.6 Å². The number of carbonyl (C=O) groups excluding carboxylic acids is 2. The first kappa shape index (κ1) is 26.3. The molecule has 2 heterocycles. The van der Waals surface area contributed by atoms with E-state index >= 15 is 0 Å². The normalized spacial score (nSPS) is 17.6. The van der Waals surface area contributed by atoms with Gasteiger partial charge in [0.1, 0.15) is 18.3 Å². The second kappa shape index (κ2) is 11.2. The van der Waals surface area contributed by atoms with E-state index in [-0.39, 0.29) is 36.7 Å². The maximum absolute atomic E-state index is 13.5. The quantitative estimate of drug-likeness (QED) is 0.176. The number of benzene rings is 2. The van der Waals surface area contributed by atoms with Crippen molar-refractivity contribution >= 4 is 46.6 Å². The third kappa shape index (κ3) is 5.75. The number of nitrogens with zero attached hydrogens (tertiary/aromatic N) is 5. The number of aliphatic imine (C=N–C) groups is 1. The highest BCUT2D eigenvalue weighted by molar-refractivity contribution is 7.80. The molecule has 3 aromatic rings. The van der Waals surface area contributed by atoms with E-state index in [9.17, 15) is 14.7 Å². The standard InChI is InChI=1S/C27H28N6O5S/c1-3-37-20-13-9-18(10-14-20)28-23(34)15-21-26(36)33(19-11-12-19)27(39)32(21)16-22-25(38-30-31(22)2)29-24(35)17-7-5-4-6-8-17/h4-10,13-14,19,21H,3,11-12,15-16H2,1-2H3,(H-,28,29,30,34,35). The Morgan fingerprint density at radius 3 is 2.62 bits per heavy atom. The Morgan fingerprint density at radius 1 is 1.23 bits per heavy atom. The van der Waals surface area contributed by atoms with Gasteiger partial charge in [0, 0.05) is 11.7 Å².